The van der Waals surface area contributed by atoms with E-state index >= 15 is 0 Å². The zero-order chi connectivity index (χ0) is 17.0. The minimum absolute atomic E-state index is 0. The summed E-state index contributed by atoms with van der Waals surface area (Å²) in [5.41, 5.74) is 0. The van der Waals surface area contributed by atoms with Crippen molar-refractivity contribution in [1.29, 1.82) is 0 Å². The smallest absolute Gasteiger partial charge is 0.225 e. The van der Waals surface area contributed by atoms with Crippen LogP contribution in [0.1, 0.15) is 6.92 Å². The van der Waals surface area contributed by atoms with Crippen LogP contribution in [-0.2, 0) is 9.47 Å². The van der Waals surface area contributed by atoms with Gasteiger partial charge in [0.05, 0.1) is 26.4 Å². The lowest BCUT2D eigenvalue weighted by Crippen LogP contribution is -2.53. The number of hydrogen-bond donors (Lipinski definition) is 1. The third kappa shape index (κ3) is 7.70. The topological polar surface area (TPSA) is 75.1 Å². The van der Waals surface area contributed by atoms with Gasteiger partial charge in [0.25, 0.3) is 0 Å². The lowest BCUT2D eigenvalue weighted by molar-refractivity contribution is 0.0747. The second-order valence-corrected chi connectivity index (χ2v) is 5.36. The molecule has 0 bridgehead atoms. The van der Waals surface area contributed by atoms with Gasteiger partial charge in [0.1, 0.15) is 0 Å². The molecule has 2 rings (SSSR count). The van der Waals surface area contributed by atoms with E-state index in [1.807, 2.05) is 6.07 Å². The average Bonchev–Trinajstić information content (AvgIpc) is 2.64. The first-order valence-corrected chi connectivity index (χ1v) is 8.47. The van der Waals surface area contributed by atoms with Crippen molar-refractivity contribution in [2.75, 3.05) is 71.1 Å². The number of nitrogens with one attached hydrogen (secondary N) is 1. The Balaban J connectivity index is 0.00000312. The molecule has 0 atom stereocenters. The minimum Gasteiger partial charge on any atom is -0.382 e. The molecule has 1 aliphatic heterocycles. The van der Waals surface area contributed by atoms with Crippen molar-refractivity contribution in [3.63, 3.8) is 0 Å². The van der Waals surface area contributed by atoms with Gasteiger partial charge in [-0.3, -0.25) is 4.99 Å². The second-order valence-electron chi connectivity index (χ2n) is 5.36. The fraction of sp³-hybridized carbons (Fsp3) is 0.688. The van der Waals surface area contributed by atoms with Crippen LogP contribution in [0.15, 0.2) is 23.5 Å². The Kier molecular flexibility index (Phi) is 11.4. The molecule has 0 radical (unpaired) electrons. The molecule has 1 aromatic rings. The van der Waals surface area contributed by atoms with E-state index in [0.717, 1.165) is 44.6 Å². The molecule has 0 saturated carbocycles. The summed E-state index contributed by atoms with van der Waals surface area (Å²) >= 11 is 0. The van der Waals surface area contributed by atoms with Crippen LogP contribution in [-0.4, -0.2) is 87.0 Å². The summed E-state index contributed by atoms with van der Waals surface area (Å²) in [6.07, 6.45) is 3.56. The lowest BCUT2D eigenvalue weighted by atomic mass is 10.3. The number of piperazine rings is 1. The molecule has 0 unspecified atom stereocenters. The Bertz CT molecular complexity index is 483. The van der Waals surface area contributed by atoms with E-state index in [-0.39, 0.29) is 24.0 Å². The zero-order valence-corrected chi connectivity index (χ0v) is 17.4. The standard InChI is InChI=1S/C16H28N6O2.HI/c1-3-17-15(20-7-12-24-14-13-23-2)21-8-10-22(11-9-21)16-18-5-4-6-19-16;/h4-6H,3,7-14H2,1-2H3,(H,17,20);1H. The molecule has 0 aromatic carbocycles. The van der Waals surface area contributed by atoms with Gasteiger partial charge in [-0.1, -0.05) is 0 Å². The van der Waals surface area contributed by atoms with Crippen molar-refractivity contribution >= 4 is 35.9 Å². The van der Waals surface area contributed by atoms with E-state index in [9.17, 15) is 0 Å². The number of ether oxygens (including phenoxy) is 2. The van der Waals surface area contributed by atoms with E-state index in [1.54, 1.807) is 19.5 Å². The maximum Gasteiger partial charge on any atom is 0.225 e. The van der Waals surface area contributed by atoms with Gasteiger partial charge < -0.3 is 24.6 Å². The van der Waals surface area contributed by atoms with Crippen molar-refractivity contribution < 1.29 is 9.47 Å². The van der Waals surface area contributed by atoms with Crippen molar-refractivity contribution in [2.45, 2.75) is 6.92 Å². The van der Waals surface area contributed by atoms with Gasteiger partial charge in [-0.25, -0.2) is 9.97 Å². The quantitative estimate of drug-likeness (QED) is 0.265. The Hall–Kier alpha value is -1.20. The lowest BCUT2D eigenvalue weighted by Gasteiger charge is -2.36. The van der Waals surface area contributed by atoms with Crippen LogP contribution in [0.25, 0.3) is 0 Å². The monoisotopic (exact) mass is 464 g/mol. The molecule has 1 fully saturated rings. The fourth-order valence-electron chi connectivity index (χ4n) is 2.46. The Labute approximate surface area is 167 Å². The predicted molar refractivity (Wildman–Crippen MR) is 110 cm³/mol. The van der Waals surface area contributed by atoms with Gasteiger partial charge in [0.15, 0.2) is 5.96 Å². The molecule has 8 nitrogen and oxygen atoms in total. The minimum atomic E-state index is 0. The summed E-state index contributed by atoms with van der Waals surface area (Å²) in [7, 11) is 1.67. The number of halogens is 1. The normalized spacial score (nSPS) is 15.0. The molecule has 1 N–H and O–H groups in total. The number of hydrogen-bond acceptors (Lipinski definition) is 6. The van der Waals surface area contributed by atoms with Crippen LogP contribution in [0.4, 0.5) is 5.95 Å². The first-order chi connectivity index (χ1) is 11.8. The summed E-state index contributed by atoms with van der Waals surface area (Å²) < 4.78 is 10.4. The zero-order valence-electron chi connectivity index (χ0n) is 15.1. The molecule has 25 heavy (non-hydrogen) atoms. The summed E-state index contributed by atoms with van der Waals surface area (Å²) in [5.74, 6) is 1.74. The van der Waals surface area contributed by atoms with Crippen LogP contribution in [0.3, 0.4) is 0 Å². The van der Waals surface area contributed by atoms with Crippen molar-refractivity contribution in [3.05, 3.63) is 18.5 Å². The van der Waals surface area contributed by atoms with Crippen LogP contribution in [0.5, 0.6) is 0 Å². The fourth-order valence-corrected chi connectivity index (χ4v) is 2.46. The van der Waals surface area contributed by atoms with Crippen LogP contribution < -0.4 is 10.2 Å². The third-order valence-electron chi connectivity index (χ3n) is 3.68. The van der Waals surface area contributed by atoms with Crippen LogP contribution in [0.2, 0.25) is 0 Å². The second kappa shape index (κ2) is 13.1. The SMILES string of the molecule is CCNC(=NCCOCCOC)N1CCN(c2ncccn2)CC1.I. The number of nitrogens with zero attached hydrogens (tertiary/aromatic N) is 5. The number of aliphatic imine (C=N–C) groups is 1. The summed E-state index contributed by atoms with van der Waals surface area (Å²) in [4.78, 5) is 17.8. The molecule has 2 heterocycles. The van der Waals surface area contributed by atoms with Crippen molar-refractivity contribution in [2.24, 2.45) is 4.99 Å². The number of methoxy groups -OCH3 is 1. The van der Waals surface area contributed by atoms with E-state index < -0.39 is 0 Å². The van der Waals surface area contributed by atoms with E-state index in [1.165, 1.54) is 0 Å². The Morgan fingerprint density at radius 2 is 1.88 bits per heavy atom. The van der Waals surface area contributed by atoms with Gasteiger partial charge >= 0.3 is 0 Å². The highest BCUT2D eigenvalue weighted by Gasteiger charge is 2.20. The largest absolute Gasteiger partial charge is 0.382 e. The molecule has 0 aliphatic carbocycles. The van der Waals surface area contributed by atoms with Gasteiger partial charge in [0, 0.05) is 52.2 Å². The molecular weight excluding hydrogens is 435 g/mol. The van der Waals surface area contributed by atoms with Gasteiger partial charge in [-0.05, 0) is 13.0 Å². The Morgan fingerprint density at radius 3 is 2.52 bits per heavy atom. The maximum absolute atomic E-state index is 5.46. The molecule has 0 spiro atoms. The number of aromatic nitrogens is 2. The number of guanidine groups is 1. The first-order valence-electron chi connectivity index (χ1n) is 8.47. The average molecular weight is 464 g/mol. The molecule has 1 aliphatic rings. The van der Waals surface area contributed by atoms with Gasteiger partial charge in [-0.15, -0.1) is 24.0 Å². The highest BCUT2D eigenvalue weighted by Crippen LogP contribution is 2.09. The summed E-state index contributed by atoms with van der Waals surface area (Å²) in [5, 5.41) is 3.35. The number of rotatable bonds is 8. The third-order valence-corrected chi connectivity index (χ3v) is 3.68. The molecule has 0 amide bonds. The molecule has 1 saturated heterocycles. The van der Waals surface area contributed by atoms with E-state index in [2.05, 4.69) is 37.0 Å². The molecule has 142 valence electrons. The summed E-state index contributed by atoms with van der Waals surface area (Å²) in [6.45, 7) is 8.99. The van der Waals surface area contributed by atoms with Gasteiger partial charge in [0.2, 0.25) is 5.95 Å². The first kappa shape index (κ1) is 21.8. The van der Waals surface area contributed by atoms with E-state index in [0.29, 0.717) is 26.4 Å². The molecule has 1 aromatic heterocycles. The molecular formula is C16H29IN6O2. The number of anilines is 1. The maximum atomic E-state index is 5.46. The van der Waals surface area contributed by atoms with Crippen LogP contribution in [0, 0.1) is 0 Å². The van der Waals surface area contributed by atoms with E-state index in [4.69, 9.17) is 9.47 Å². The predicted octanol–water partition coefficient (Wildman–Crippen LogP) is 0.845. The molecule has 9 heteroatoms. The Morgan fingerprint density at radius 1 is 1.16 bits per heavy atom. The summed E-state index contributed by atoms with van der Waals surface area (Å²) in [6, 6.07) is 1.84. The van der Waals surface area contributed by atoms with Gasteiger partial charge in [-0.2, -0.15) is 0 Å². The van der Waals surface area contributed by atoms with Crippen molar-refractivity contribution in [1.82, 2.24) is 20.2 Å². The van der Waals surface area contributed by atoms with Crippen molar-refractivity contribution in [3.8, 4) is 0 Å². The highest BCUT2D eigenvalue weighted by molar-refractivity contribution is 14.0. The highest BCUT2D eigenvalue weighted by atomic mass is 127. The van der Waals surface area contributed by atoms with Crippen LogP contribution >= 0.6 is 24.0 Å².